The molecule has 0 aromatic carbocycles. The lowest BCUT2D eigenvalue weighted by Crippen LogP contribution is -2.25. The average molecular weight is 267 g/mol. The summed E-state index contributed by atoms with van der Waals surface area (Å²) < 4.78 is 4.99. The SMILES string of the molecule is COc1ccc([N+](=O)[O-])c(NCC(C)C(C)(C)C)n1. The molecule has 1 unspecified atom stereocenters. The van der Waals surface area contributed by atoms with Crippen LogP contribution >= 0.6 is 0 Å². The molecule has 0 fully saturated rings. The largest absolute Gasteiger partial charge is 0.481 e. The van der Waals surface area contributed by atoms with Gasteiger partial charge in [-0.3, -0.25) is 10.1 Å². The molecule has 1 heterocycles. The number of hydrogen-bond acceptors (Lipinski definition) is 5. The molecule has 1 aromatic rings. The Hall–Kier alpha value is -1.85. The smallest absolute Gasteiger partial charge is 0.311 e. The molecule has 106 valence electrons. The van der Waals surface area contributed by atoms with Gasteiger partial charge in [-0.1, -0.05) is 27.7 Å². The maximum atomic E-state index is 10.9. The minimum Gasteiger partial charge on any atom is -0.481 e. The van der Waals surface area contributed by atoms with Gasteiger partial charge in [-0.05, 0) is 11.3 Å². The zero-order valence-electron chi connectivity index (χ0n) is 12.1. The van der Waals surface area contributed by atoms with E-state index in [9.17, 15) is 10.1 Å². The van der Waals surface area contributed by atoms with Gasteiger partial charge in [-0.2, -0.15) is 4.98 Å². The highest BCUT2D eigenvalue weighted by Crippen LogP contribution is 2.28. The number of rotatable bonds is 5. The number of methoxy groups -OCH3 is 1. The Labute approximate surface area is 113 Å². The van der Waals surface area contributed by atoms with Gasteiger partial charge >= 0.3 is 5.69 Å². The van der Waals surface area contributed by atoms with Gasteiger partial charge in [0, 0.05) is 18.7 Å². The number of nitrogens with one attached hydrogen (secondary N) is 1. The molecule has 19 heavy (non-hydrogen) atoms. The monoisotopic (exact) mass is 267 g/mol. The molecule has 1 N–H and O–H groups in total. The first-order chi connectivity index (χ1) is 8.75. The minimum absolute atomic E-state index is 0.0399. The zero-order chi connectivity index (χ0) is 14.6. The van der Waals surface area contributed by atoms with Gasteiger partial charge in [-0.15, -0.1) is 0 Å². The molecular weight excluding hydrogens is 246 g/mol. The second kappa shape index (κ2) is 5.86. The number of hydrogen-bond donors (Lipinski definition) is 1. The minimum atomic E-state index is -0.448. The lowest BCUT2D eigenvalue weighted by molar-refractivity contribution is -0.384. The van der Waals surface area contributed by atoms with Crippen molar-refractivity contribution in [3.05, 3.63) is 22.2 Å². The number of nitro groups is 1. The van der Waals surface area contributed by atoms with Crippen LogP contribution in [0.3, 0.4) is 0 Å². The summed E-state index contributed by atoms with van der Waals surface area (Å²) in [6.45, 7) is 9.11. The van der Waals surface area contributed by atoms with Gasteiger partial charge in [-0.25, -0.2) is 0 Å². The van der Waals surface area contributed by atoms with Gasteiger partial charge in [0.15, 0.2) is 0 Å². The molecule has 0 aliphatic heterocycles. The third kappa shape index (κ3) is 4.08. The maximum Gasteiger partial charge on any atom is 0.311 e. The van der Waals surface area contributed by atoms with Crippen molar-refractivity contribution in [2.24, 2.45) is 11.3 Å². The van der Waals surface area contributed by atoms with Crippen molar-refractivity contribution < 1.29 is 9.66 Å². The van der Waals surface area contributed by atoms with Gasteiger partial charge in [0.05, 0.1) is 12.0 Å². The molecule has 1 aromatic heterocycles. The topological polar surface area (TPSA) is 77.3 Å². The molecular formula is C13H21N3O3. The Kier molecular flexibility index (Phi) is 4.69. The predicted molar refractivity (Wildman–Crippen MR) is 74.6 cm³/mol. The molecule has 6 nitrogen and oxygen atoms in total. The van der Waals surface area contributed by atoms with Crippen molar-refractivity contribution in [2.75, 3.05) is 19.0 Å². The lowest BCUT2D eigenvalue weighted by atomic mass is 9.82. The zero-order valence-corrected chi connectivity index (χ0v) is 12.1. The normalized spacial score (nSPS) is 12.9. The Balaban J connectivity index is 2.89. The first kappa shape index (κ1) is 15.2. The van der Waals surface area contributed by atoms with Crippen molar-refractivity contribution >= 4 is 11.5 Å². The summed E-state index contributed by atoms with van der Waals surface area (Å²) in [6.07, 6.45) is 0. The molecule has 0 aliphatic carbocycles. The van der Waals surface area contributed by atoms with Crippen molar-refractivity contribution in [1.29, 1.82) is 0 Å². The van der Waals surface area contributed by atoms with E-state index in [1.807, 2.05) is 0 Å². The fraction of sp³-hybridized carbons (Fsp3) is 0.615. The number of ether oxygens (including phenoxy) is 1. The van der Waals surface area contributed by atoms with Gasteiger partial charge in [0.1, 0.15) is 0 Å². The second-order valence-corrected chi connectivity index (χ2v) is 5.63. The summed E-state index contributed by atoms with van der Waals surface area (Å²) in [5.41, 5.74) is 0.0857. The van der Waals surface area contributed by atoms with Gasteiger partial charge < -0.3 is 10.1 Å². The highest BCUT2D eigenvalue weighted by Gasteiger charge is 2.22. The van der Waals surface area contributed by atoms with E-state index >= 15 is 0 Å². The van der Waals surface area contributed by atoms with Gasteiger partial charge in [0.2, 0.25) is 11.7 Å². The molecule has 0 spiro atoms. The van der Waals surface area contributed by atoms with Crippen LogP contribution in [0, 0.1) is 21.4 Å². The number of aromatic nitrogens is 1. The van der Waals surface area contributed by atoms with Crippen molar-refractivity contribution in [3.8, 4) is 5.88 Å². The summed E-state index contributed by atoms with van der Waals surface area (Å²) in [5.74, 6) is 0.956. The Morgan fingerprint density at radius 1 is 1.47 bits per heavy atom. The molecule has 1 rings (SSSR count). The number of nitrogens with zero attached hydrogens (tertiary/aromatic N) is 2. The van der Waals surface area contributed by atoms with Crippen LogP contribution in [0.5, 0.6) is 5.88 Å². The molecule has 0 saturated carbocycles. The van der Waals surface area contributed by atoms with Crippen LogP contribution in [0.2, 0.25) is 0 Å². The summed E-state index contributed by atoms with van der Waals surface area (Å²) >= 11 is 0. The Bertz CT molecular complexity index is 455. The van der Waals surface area contributed by atoms with E-state index in [0.29, 0.717) is 18.3 Å². The fourth-order valence-electron chi connectivity index (χ4n) is 1.38. The number of anilines is 1. The summed E-state index contributed by atoms with van der Waals surface area (Å²) in [5, 5.41) is 14.0. The standard InChI is InChI=1S/C13H21N3O3/c1-9(13(2,3)4)8-14-12-10(16(17)18)6-7-11(15-12)19-5/h6-7,9H,8H2,1-5H3,(H,14,15). The first-order valence-electron chi connectivity index (χ1n) is 6.19. The third-order valence-electron chi connectivity index (χ3n) is 3.31. The molecule has 0 aliphatic rings. The van der Waals surface area contributed by atoms with Crippen LogP contribution in [-0.2, 0) is 0 Å². The highest BCUT2D eigenvalue weighted by molar-refractivity contribution is 5.57. The average Bonchev–Trinajstić information content (AvgIpc) is 2.33. The molecule has 0 radical (unpaired) electrons. The van der Waals surface area contributed by atoms with Crippen LogP contribution in [-0.4, -0.2) is 23.6 Å². The molecule has 0 amide bonds. The van der Waals surface area contributed by atoms with Crippen molar-refractivity contribution in [2.45, 2.75) is 27.7 Å². The van der Waals surface area contributed by atoms with E-state index < -0.39 is 4.92 Å². The summed E-state index contributed by atoms with van der Waals surface area (Å²) in [4.78, 5) is 14.6. The Morgan fingerprint density at radius 2 is 2.11 bits per heavy atom. The van der Waals surface area contributed by atoms with Crippen LogP contribution in [0.4, 0.5) is 11.5 Å². The second-order valence-electron chi connectivity index (χ2n) is 5.63. The van der Waals surface area contributed by atoms with E-state index in [0.717, 1.165) is 0 Å². The first-order valence-corrected chi connectivity index (χ1v) is 6.19. The van der Waals surface area contributed by atoms with Crippen molar-refractivity contribution in [3.63, 3.8) is 0 Å². The summed E-state index contributed by atoms with van der Waals surface area (Å²) in [6, 6.07) is 2.88. The quantitative estimate of drug-likeness (QED) is 0.655. The Morgan fingerprint density at radius 3 is 2.58 bits per heavy atom. The van der Waals surface area contributed by atoms with Gasteiger partial charge in [0.25, 0.3) is 0 Å². The maximum absolute atomic E-state index is 10.9. The van der Waals surface area contributed by atoms with Crippen LogP contribution in [0.25, 0.3) is 0 Å². The van der Waals surface area contributed by atoms with E-state index in [1.54, 1.807) is 0 Å². The van der Waals surface area contributed by atoms with Crippen LogP contribution in [0.15, 0.2) is 12.1 Å². The highest BCUT2D eigenvalue weighted by atomic mass is 16.6. The molecule has 0 saturated heterocycles. The summed E-state index contributed by atoms with van der Waals surface area (Å²) in [7, 11) is 1.48. The van der Waals surface area contributed by atoms with E-state index in [-0.39, 0.29) is 16.9 Å². The number of pyridine rings is 1. The van der Waals surface area contributed by atoms with E-state index in [1.165, 1.54) is 19.2 Å². The van der Waals surface area contributed by atoms with Crippen molar-refractivity contribution in [1.82, 2.24) is 4.98 Å². The molecule has 6 heteroatoms. The van der Waals surface area contributed by atoms with Crippen LogP contribution < -0.4 is 10.1 Å². The van der Waals surface area contributed by atoms with E-state index in [4.69, 9.17) is 4.74 Å². The molecule has 0 bridgehead atoms. The fourth-order valence-corrected chi connectivity index (χ4v) is 1.38. The molecule has 1 atom stereocenters. The predicted octanol–water partition coefficient (Wildman–Crippen LogP) is 3.09. The third-order valence-corrected chi connectivity index (χ3v) is 3.31. The van der Waals surface area contributed by atoms with Crippen LogP contribution in [0.1, 0.15) is 27.7 Å². The lowest BCUT2D eigenvalue weighted by Gasteiger charge is -2.27. The van der Waals surface area contributed by atoms with E-state index in [2.05, 4.69) is 38.0 Å².